The molecule has 0 aliphatic carbocycles. The minimum Gasteiger partial charge on any atom is -0.486 e. The Labute approximate surface area is 176 Å². The lowest BCUT2D eigenvalue weighted by Gasteiger charge is -2.04. The number of aromatic amines is 1. The van der Waals surface area contributed by atoms with Gasteiger partial charge in [-0.1, -0.05) is 18.2 Å². The zero-order valence-electron chi connectivity index (χ0n) is 16.2. The maximum atomic E-state index is 12.1. The van der Waals surface area contributed by atoms with Crippen molar-refractivity contribution in [1.29, 1.82) is 0 Å². The summed E-state index contributed by atoms with van der Waals surface area (Å²) in [6.45, 7) is 0.307. The number of imidazole rings is 1. The van der Waals surface area contributed by atoms with Gasteiger partial charge in [-0.2, -0.15) is 5.10 Å². The second kappa shape index (κ2) is 8.87. The third kappa shape index (κ3) is 4.91. The first kappa shape index (κ1) is 19.8. The Morgan fingerprint density at radius 3 is 2.71 bits per heavy atom. The van der Waals surface area contributed by atoms with Crippen molar-refractivity contribution in [3.63, 3.8) is 0 Å². The number of carbonyl (C=O) groups is 1. The van der Waals surface area contributed by atoms with Gasteiger partial charge in [0.15, 0.2) is 0 Å². The standard InChI is InChI=1S/C22H17N5O4/c28-22(16-4-3-5-17(12-16)27(29)30)26-23-13-15-8-10-18(11-9-15)31-14-21-24-19-6-1-2-7-20(19)25-21/h1-13H,14H2,(H,24,25)(H,26,28)/b23-13-. The number of fused-ring (bicyclic) bond motifs is 1. The van der Waals surface area contributed by atoms with E-state index in [1.165, 1.54) is 30.5 Å². The predicted molar refractivity (Wildman–Crippen MR) is 115 cm³/mol. The molecule has 0 fully saturated rings. The van der Waals surface area contributed by atoms with E-state index >= 15 is 0 Å². The normalized spacial score (nSPS) is 11.0. The van der Waals surface area contributed by atoms with E-state index in [9.17, 15) is 14.9 Å². The first-order valence-corrected chi connectivity index (χ1v) is 9.33. The Balaban J connectivity index is 1.31. The molecule has 0 aliphatic heterocycles. The largest absolute Gasteiger partial charge is 0.486 e. The minimum atomic E-state index is -0.558. The van der Waals surface area contributed by atoms with Gasteiger partial charge in [0.2, 0.25) is 0 Å². The number of nitrogens with one attached hydrogen (secondary N) is 2. The molecule has 0 saturated heterocycles. The number of non-ortho nitro benzene ring substituents is 1. The molecule has 154 valence electrons. The molecule has 0 atom stereocenters. The molecule has 4 rings (SSSR count). The van der Waals surface area contributed by atoms with Crippen molar-refractivity contribution in [2.45, 2.75) is 6.61 Å². The molecule has 0 bridgehead atoms. The van der Waals surface area contributed by atoms with Gasteiger partial charge in [0.05, 0.1) is 22.2 Å². The fourth-order valence-electron chi connectivity index (χ4n) is 2.87. The molecule has 2 N–H and O–H groups in total. The molecule has 0 spiro atoms. The summed E-state index contributed by atoms with van der Waals surface area (Å²) in [7, 11) is 0. The van der Waals surface area contributed by atoms with E-state index in [1.807, 2.05) is 24.3 Å². The topological polar surface area (TPSA) is 123 Å². The summed E-state index contributed by atoms with van der Waals surface area (Å²) in [5.41, 5.74) is 4.94. The molecule has 0 aliphatic rings. The van der Waals surface area contributed by atoms with Gasteiger partial charge in [-0.15, -0.1) is 0 Å². The van der Waals surface area contributed by atoms with Crippen LogP contribution in [0, 0.1) is 10.1 Å². The second-order valence-corrected chi connectivity index (χ2v) is 6.56. The number of amides is 1. The summed E-state index contributed by atoms with van der Waals surface area (Å²) in [6, 6.07) is 20.3. The zero-order chi connectivity index (χ0) is 21.6. The predicted octanol–water partition coefficient (Wildman–Crippen LogP) is 3.81. The number of hydrogen-bond donors (Lipinski definition) is 2. The highest BCUT2D eigenvalue weighted by Crippen LogP contribution is 2.15. The highest BCUT2D eigenvalue weighted by Gasteiger charge is 2.10. The van der Waals surface area contributed by atoms with E-state index < -0.39 is 10.8 Å². The highest BCUT2D eigenvalue weighted by molar-refractivity contribution is 5.95. The zero-order valence-corrected chi connectivity index (χ0v) is 16.2. The molecule has 4 aromatic rings. The minimum absolute atomic E-state index is 0.153. The molecule has 1 heterocycles. The highest BCUT2D eigenvalue weighted by atomic mass is 16.6. The van der Waals surface area contributed by atoms with Crippen LogP contribution < -0.4 is 10.2 Å². The van der Waals surface area contributed by atoms with Crippen LogP contribution in [0.4, 0.5) is 5.69 Å². The van der Waals surface area contributed by atoms with Crippen molar-refractivity contribution in [2.24, 2.45) is 5.10 Å². The Hall–Kier alpha value is -4.53. The van der Waals surface area contributed by atoms with Crippen LogP contribution in [0.25, 0.3) is 11.0 Å². The first-order chi connectivity index (χ1) is 15.1. The number of rotatable bonds is 7. The van der Waals surface area contributed by atoms with E-state index in [0.29, 0.717) is 12.4 Å². The van der Waals surface area contributed by atoms with Crippen LogP contribution >= 0.6 is 0 Å². The lowest BCUT2D eigenvalue weighted by molar-refractivity contribution is -0.384. The van der Waals surface area contributed by atoms with E-state index in [4.69, 9.17) is 4.74 Å². The second-order valence-electron chi connectivity index (χ2n) is 6.56. The van der Waals surface area contributed by atoms with Crippen LogP contribution in [-0.4, -0.2) is 27.0 Å². The molecule has 31 heavy (non-hydrogen) atoms. The van der Waals surface area contributed by atoms with Crippen LogP contribution in [0.15, 0.2) is 77.9 Å². The van der Waals surface area contributed by atoms with Gasteiger partial charge in [0.1, 0.15) is 18.2 Å². The fraction of sp³-hybridized carbons (Fsp3) is 0.0455. The van der Waals surface area contributed by atoms with E-state index in [2.05, 4.69) is 20.5 Å². The molecule has 3 aromatic carbocycles. The maximum Gasteiger partial charge on any atom is 0.271 e. The summed E-state index contributed by atoms with van der Waals surface area (Å²) < 4.78 is 5.74. The Bertz CT molecular complexity index is 1230. The van der Waals surface area contributed by atoms with Crippen molar-refractivity contribution >= 4 is 28.8 Å². The van der Waals surface area contributed by atoms with Crippen LogP contribution in [0.1, 0.15) is 21.7 Å². The summed E-state index contributed by atoms with van der Waals surface area (Å²) in [6.07, 6.45) is 1.47. The van der Waals surface area contributed by atoms with Crippen molar-refractivity contribution in [2.75, 3.05) is 0 Å². The average molecular weight is 415 g/mol. The van der Waals surface area contributed by atoms with Crippen LogP contribution in [0.3, 0.4) is 0 Å². The number of benzene rings is 3. The SMILES string of the molecule is O=C(N/N=C\c1ccc(OCc2nc3ccccc3[nH]2)cc1)c1cccc([N+](=O)[O-])c1. The van der Waals surface area contributed by atoms with E-state index in [0.717, 1.165) is 22.4 Å². The van der Waals surface area contributed by atoms with Gasteiger partial charge in [-0.25, -0.2) is 10.4 Å². The number of ether oxygens (including phenoxy) is 1. The molecular formula is C22H17N5O4. The fourth-order valence-corrected chi connectivity index (χ4v) is 2.87. The van der Waals surface area contributed by atoms with Crippen LogP contribution in [0.2, 0.25) is 0 Å². The number of carbonyl (C=O) groups excluding carboxylic acids is 1. The molecule has 1 aromatic heterocycles. The number of nitrogens with zero attached hydrogens (tertiary/aromatic N) is 3. The summed E-state index contributed by atoms with van der Waals surface area (Å²) in [5.74, 6) is 0.861. The molecule has 9 nitrogen and oxygen atoms in total. The number of nitro groups is 1. The molecule has 0 saturated carbocycles. The molecular weight excluding hydrogens is 398 g/mol. The van der Waals surface area contributed by atoms with Crippen molar-refractivity contribution in [1.82, 2.24) is 15.4 Å². The molecule has 1 amide bonds. The average Bonchev–Trinajstić information content (AvgIpc) is 3.21. The number of hydrazone groups is 1. The number of H-pyrrole nitrogens is 1. The molecule has 0 unspecified atom stereocenters. The van der Waals surface area contributed by atoms with Gasteiger partial charge in [0, 0.05) is 17.7 Å². The number of para-hydroxylation sites is 2. The van der Waals surface area contributed by atoms with Crippen molar-refractivity contribution in [3.05, 3.63) is 99.9 Å². The maximum absolute atomic E-state index is 12.1. The lowest BCUT2D eigenvalue weighted by atomic mass is 10.2. The third-order valence-electron chi connectivity index (χ3n) is 4.39. The first-order valence-electron chi connectivity index (χ1n) is 9.33. The number of aromatic nitrogens is 2. The lowest BCUT2D eigenvalue weighted by Crippen LogP contribution is -2.17. The third-order valence-corrected chi connectivity index (χ3v) is 4.39. The summed E-state index contributed by atoms with van der Waals surface area (Å²) >= 11 is 0. The van der Waals surface area contributed by atoms with Crippen LogP contribution in [-0.2, 0) is 6.61 Å². The van der Waals surface area contributed by atoms with Crippen molar-refractivity contribution < 1.29 is 14.5 Å². The number of nitro benzene ring substituents is 1. The molecule has 9 heteroatoms. The summed E-state index contributed by atoms with van der Waals surface area (Å²) in [4.78, 5) is 30.0. The Kier molecular flexibility index (Phi) is 5.66. The summed E-state index contributed by atoms with van der Waals surface area (Å²) in [5, 5.41) is 14.7. The van der Waals surface area contributed by atoms with Crippen molar-refractivity contribution in [3.8, 4) is 5.75 Å². The quantitative estimate of drug-likeness (QED) is 0.270. The van der Waals surface area contributed by atoms with Gasteiger partial charge >= 0.3 is 0 Å². The van der Waals surface area contributed by atoms with Gasteiger partial charge < -0.3 is 9.72 Å². The monoisotopic (exact) mass is 415 g/mol. The van der Waals surface area contributed by atoms with Gasteiger partial charge in [-0.3, -0.25) is 14.9 Å². The van der Waals surface area contributed by atoms with Gasteiger partial charge in [-0.05, 0) is 48.0 Å². The van der Waals surface area contributed by atoms with Crippen LogP contribution in [0.5, 0.6) is 5.75 Å². The Morgan fingerprint density at radius 2 is 1.94 bits per heavy atom. The molecule has 0 radical (unpaired) electrons. The van der Waals surface area contributed by atoms with E-state index in [1.54, 1.807) is 24.3 Å². The smallest absolute Gasteiger partial charge is 0.271 e. The Morgan fingerprint density at radius 1 is 1.13 bits per heavy atom. The van der Waals surface area contributed by atoms with Gasteiger partial charge in [0.25, 0.3) is 11.6 Å². The van der Waals surface area contributed by atoms with E-state index in [-0.39, 0.29) is 11.3 Å². The number of hydrogen-bond acceptors (Lipinski definition) is 6.